The molecular weight excluding hydrogens is 506 g/mol. The van der Waals surface area contributed by atoms with Gasteiger partial charge in [-0.15, -0.1) is 0 Å². The van der Waals surface area contributed by atoms with Gasteiger partial charge in [-0.05, 0) is 64.8 Å². The minimum absolute atomic E-state index is 0.00930. The molecule has 0 aromatic heterocycles. The molecule has 0 aliphatic rings. The van der Waals surface area contributed by atoms with Gasteiger partial charge in [-0.3, -0.25) is 15.0 Å². The number of aryl methyl sites for hydroxylation is 1. The van der Waals surface area contributed by atoms with Crippen molar-refractivity contribution in [2.24, 2.45) is 0 Å². The zero-order valence-electron chi connectivity index (χ0n) is 16.0. The lowest BCUT2D eigenvalue weighted by Gasteiger charge is -2.13. The molecule has 0 saturated heterocycles. The van der Waals surface area contributed by atoms with E-state index in [1.165, 1.54) is 0 Å². The van der Waals surface area contributed by atoms with Crippen molar-refractivity contribution < 1.29 is 19.1 Å². The molecule has 2 aromatic rings. The van der Waals surface area contributed by atoms with Crippen LogP contribution < -0.4 is 25.6 Å². The standard InChI is InChI=1S/C20H21Br2N3O4/c1-12-8-18(17(22)10-16(12)21)29-11-20(27)25-24-13(2)9-19(26)23-14-4-6-15(28-3)7-5-14/h4-8,10,24H,2,9,11H2,1,3H3,(H,23,26)(H,25,27). The zero-order valence-corrected chi connectivity index (χ0v) is 19.1. The lowest BCUT2D eigenvalue weighted by atomic mass is 10.2. The fraction of sp³-hybridized carbons (Fsp3) is 0.200. The first kappa shape index (κ1) is 22.8. The van der Waals surface area contributed by atoms with Crippen LogP contribution in [0, 0.1) is 6.92 Å². The van der Waals surface area contributed by atoms with Crippen molar-refractivity contribution in [3.05, 3.63) is 63.2 Å². The molecule has 2 rings (SSSR count). The quantitative estimate of drug-likeness (QED) is 0.429. The number of rotatable bonds is 9. The molecule has 154 valence electrons. The number of methoxy groups -OCH3 is 1. The lowest BCUT2D eigenvalue weighted by molar-refractivity contribution is -0.124. The van der Waals surface area contributed by atoms with E-state index in [2.05, 4.69) is 54.6 Å². The van der Waals surface area contributed by atoms with E-state index in [1.54, 1.807) is 31.4 Å². The molecule has 0 fully saturated rings. The van der Waals surface area contributed by atoms with Crippen molar-refractivity contribution in [2.75, 3.05) is 19.0 Å². The maximum atomic E-state index is 12.0. The maximum Gasteiger partial charge on any atom is 0.276 e. The van der Waals surface area contributed by atoms with Crippen LogP contribution in [0.5, 0.6) is 11.5 Å². The molecular formula is C20H21Br2N3O4. The van der Waals surface area contributed by atoms with E-state index in [1.807, 2.05) is 19.1 Å². The van der Waals surface area contributed by atoms with Crippen molar-refractivity contribution in [1.29, 1.82) is 0 Å². The van der Waals surface area contributed by atoms with Crippen LogP contribution in [-0.2, 0) is 9.59 Å². The smallest absolute Gasteiger partial charge is 0.276 e. The predicted octanol–water partition coefficient (Wildman–Crippen LogP) is 4.07. The zero-order chi connectivity index (χ0) is 21.4. The molecule has 0 atom stereocenters. The molecule has 0 unspecified atom stereocenters. The first-order chi connectivity index (χ1) is 13.8. The number of anilines is 1. The van der Waals surface area contributed by atoms with Gasteiger partial charge in [-0.2, -0.15) is 0 Å². The number of benzene rings is 2. The Hall–Kier alpha value is -2.52. The summed E-state index contributed by atoms with van der Waals surface area (Å²) >= 11 is 6.81. The van der Waals surface area contributed by atoms with Gasteiger partial charge in [-0.1, -0.05) is 22.5 Å². The van der Waals surface area contributed by atoms with Crippen LogP contribution in [0.4, 0.5) is 5.69 Å². The van der Waals surface area contributed by atoms with Crippen LogP contribution in [0.2, 0.25) is 0 Å². The highest BCUT2D eigenvalue weighted by Crippen LogP contribution is 2.31. The van der Waals surface area contributed by atoms with E-state index in [-0.39, 0.29) is 18.9 Å². The summed E-state index contributed by atoms with van der Waals surface area (Å²) < 4.78 is 12.2. The number of carbonyl (C=O) groups is 2. The topological polar surface area (TPSA) is 88.7 Å². The van der Waals surface area contributed by atoms with Gasteiger partial charge in [0, 0.05) is 15.9 Å². The second-order valence-electron chi connectivity index (χ2n) is 6.05. The van der Waals surface area contributed by atoms with Crippen molar-refractivity contribution in [2.45, 2.75) is 13.3 Å². The Morgan fingerprint density at radius 3 is 2.38 bits per heavy atom. The van der Waals surface area contributed by atoms with Crippen molar-refractivity contribution in [1.82, 2.24) is 10.9 Å². The second kappa shape index (κ2) is 10.9. The summed E-state index contributed by atoms with van der Waals surface area (Å²) in [6, 6.07) is 10.6. The van der Waals surface area contributed by atoms with E-state index in [0.717, 1.165) is 14.5 Å². The Morgan fingerprint density at radius 1 is 1.03 bits per heavy atom. The number of hydrogen-bond donors (Lipinski definition) is 3. The molecule has 3 N–H and O–H groups in total. The van der Waals surface area contributed by atoms with Gasteiger partial charge in [0.05, 0.1) is 18.0 Å². The summed E-state index contributed by atoms with van der Waals surface area (Å²) in [5.41, 5.74) is 7.02. The predicted molar refractivity (Wildman–Crippen MR) is 119 cm³/mol. The average molecular weight is 527 g/mol. The number of carbonyl (C=O) groups excluding carboxylic acids is 2. The summed E-state index contributed by atoms with van der Waals surface area (Å²) in [5.74, 6) is 0.574. The summed E-state index contributed by atoms with van der Waals surface area (Å²) in [4.78, 5) is 24.0. The highest BCUT2D eigenvalue weighted by Gasteiger charge is 2.10. The molecule has 29 heavy (non-hydrogen) atoms. The second-order valence-corrected chi connectivity index (χ2v) is 7.76. The largest absolute Gasteiger partial charge is 0.497 e. The Bertz CT molecular complexity index is 901. The van der Waals surface area contributed by atoms with Crippen LogP contribution in [0.25, 0.3) is 0 Å². The van der Waals surface area contributed by atoms with Crippen LogP contribution in [0.15, 0.2) is 57.6 Å². The van der Waals surface area contributed by atoms with Gasteiger partial charge in [0.25, 0.3) is 5.91 Å². The highest BCUT2D eigenvalue weighted by molar-refractivity contribution is 9.11. The number of nitrogens with one attached hydrogen (secondary N) is 3. The van der Waals surface area contributed by atoms with Gasteiger partial charge in [0.1, 0.15) is 11.5 Å². The monoisotopic (exact) mass is 525 g/mol. The lowest BCUT2D eigenvalue weighted by Crippen LogP contribution is -2.40. The Labute approximate surface area is 186 Å². The molecule has 0 bridgehead atoms. The highest BCUT2D eigenvalue weighted by atomic mass is 79.9. The summed E-state index contributed by atoms with van der Waals surface area (Å²) in [6.07, 6.45) is -0.00930. The van der Waals surface area contributed by atoms with E-state index < -0.39 is 5.91 Å². The third-order valence-electron chi connectivity index (χ3n) is 3.70. The fourth-order valence-electron chi connectivity index (χ4n) is 2.20. The number of amides is 2. The number of hydrogen-bond acceptors (Lipinski definition) is 5. The molecule has 7 nitrogen and oxygen atoms in total. The van der Waals surface area contributed by atoms with E-state index in [4.69, 9.17) is 9.47 Å². The van der Waals surface area contributed by atoms with E-state index >= 15 is 0 Å². The summed E-state index contributed by atoms with van der Waals surface area (Å²) in [7, 11) is 1.57. The van der Waals surface area contributed by atoms with Gasteiger partial charge in [0.2, 0.25) is 5.91 Å². The molecule has 0 spiro atoms. The number of hydrazine groups is 1. The first-order valence-electron chi connectivity index (χ1n) is 8.53. The van der Waals surface area contributed by atoms with Crippen LogP contribution in [-0.4, -0.2) is 25.5 Å². The summed E-state index contributed by atoms with van der Waals surface area (Å²) in [5, 5.41) is 2.73. The maximum absolute atomic E-state index is 12.0. The summed E-state index contributed by atoms with van der Waals surface area (Å²) in [6.45, 7) is 5.46. The Morgan fingerprint density at radius 2 is 1.72 bits per heavy atom. The molecule has 2 aromatic carbocycles. The third kappa shape index (κ3) is 7.43. The SMILES string of the molecule is C=C(CC(=O)Nc1ccc(OC)cc1)NNC(=O)COc1cc(C)c(Br)cc1Br. The van der Waals surface area contributed by atoms with Crippen molar-refractivity contribution >= 4 is 49.4 Å². The van der Waals surface area contributed by atoms with Gasteiger partial charge >= 0.3 is 0 Å². The average Bonchev–Trinajstić information content (AvgIpc) is 2.68. The molecule has 0 saturated carbocycles. The fourth-order valence-corrected chi connectivity index (χ4v) is 3.30. The first-order valence-corrected chi connectivity index (χ1v) is 10.1. The number of ether oxygens (including phenoxy) is 2. The van der Waals surface area contributed by atoms with Crippen molar-refractivity contribution in [3.8, 4) is 11.5 Å². The van der Waals surface area contributed by atoms with Crippen LogP contribution >= 0.6 is 31.9 Å². The minimum atomic E-state index is -0.408. The molecule has 0 radical (unpaired) electrons. The van der Waals surface area contributed by atoms with E-state index in [0.29, 0.717) is 22.9 Å². The number of halogens is 2. The van der Waals surface area contributed by atoms with Gasteiger partial charge < -0.3 is 20.2 Å². The molecule has 0 aliphatic heterocycles. The third-order valence-corrected chi connectivity index (χ3v) is 5.17. The normalized spacial score (nSPS) is 10.1. The van der Waals surface area contributed by atoms with E-state index in [9.17, 15) is 9.59 Å². The van der Waals surface area contributed by atoms with Crippen molar-refractivity contribution in [3.63, 3.8) is 0 Å². The van der Waals surface area contributed by atoms with Gasteiger partial charge in [-0.25, -0.2) is 0 Å². The molecule has 2 amide bonds. The Kier molecular flexibility index (Phi) is 8.53. The Balaban J connectivity index is 1.73. The molecule has 0 aliphatic carbocycles. The van der Waals surface area contributed by atoms with Gasteiger partial charge in [0.15, 0.2) is 6.61 Å². The van der Waals surface area contributed by atoms with Crippen LogP contribution in [0.3, 0.4) is 0 Å². The molecule has 0 heterocycles. The molecule has 9 heteroatoms. The van der Waals surface area contributed by atoms with Crippen LogP contribution in [0.1, 0.15) is 12.0 Å². The minimum Gasteiger partial charge on any atom is -0.497 e.